The van der Waals surface area contributed by atoms with Crippen molar-refractivity contribution >= 4 is 70.0 Å². The number of halogens is 4. The summed E-state index contributed by atoms with van der Waals surface area (Å²) in [5.41, 5.74) is 2.71. The van der Waals surface area contributed by atoms with Crippen LogP contribution in [0.25, 0.3) is 0 Å². The molecule has 36 heavy (non-hydrogen) atoms. The van der Waals surface area contributed by atoms with E-state index in [2.05, 4.69) is 5.32 Å². The first-order valence-corrected chi connectivity index (χ1v) is 14.0. The molecule has 0 fully saturated rings. The Bertz CT molecular complexity index is 1190. The molecule has 2 amide bonds. The van der Waals surface area contributed by atoms with Gasteiger partial charge < -0.3 is 10.2 Å². The molecule has 0 bridgehead atoms. The van der Waals surface area contributed by atoms with Gasteiger partial charge in [-0.25, -0.2) is 0 Å². The topological polar surface area (TPSA) is 49.4 Å². The van der Waals surface area contributed by atoms with E-state index in [4.69, 9.17) is 46.4 Å². The van der Waals surface area contributed by atoms with E-state index in [0.29, 0.717) is 38.8 Å². The van der Waals surface area contributed by atoms with Gasteiger partial charge in [-0.05, 0) is 47.9 Å². The Morgan fingerprint density at radius 2 is 1.44 bits per heavy atom. The number of carbonyl (C=O) groups excluding carboxylic acids is 2. The number of carbonyl (C=O) groups is 2. The summed E-state index contributed by atoms with van der Waals surface area (Å²) in [6.45, 7) is 2.54. The van der Waals surface area contributed by atoms with Crippen LogP contribution < -0.4 is 5.32 Å². The Kier molecular flexibility index (Phi) is 11.3. The van der Waals surface area contributed by atoms with Gasteiger partial charge in [-0.1, -0.05) is 88.9 Å². The second-order valence-corrected chi connectivity index (χ2v) is 10.7. The molecule has 0 heterocycles. The number of hydrogen-bond donors (Lipinski definition) is 1. The number of likely N-dealkylation sites (N-methyl/N-ethyl adjacent to an activating group) is 1. The Balaban J connectivity index is 1.84. The van der Waals surface area contributed by atoms with E-state index >= 15 is 0 Å². The maximum Gasteiger partial charge on any atom is 0.243 e. The van der Waals surface area contributed by atoms with Gasteiger partial charge in [0.15, 0.2) is 0 Å². The van der Waals surface area contributed by atoms with Gasteiger partial charge in [-0.3, -0.25) is 9.59 Å². The van der Waals surface area contributed by atoms with Crippen LogP contribution in [0, 0.1) is 0 Å². The molecule has 0 radical (unpaired) electrons. The van der Waals surface area contributed by atoms with Crippen molar-refractivity contribution in [3.8, 4) is 0 Å². The molecule has 0 aliphatic rings. The number of nitrogens with one attached hydrogen (secondary N) is 1. The van der Waals surface area contributed by atoms with Crippen molar-refractivity contribution in [1.82, 2.24) is 10.2 Å². The minimum atomic E-state index is -0.695. The third kappa shape index (κ3) is 8.32. The van der Waals surface area contributed by atoms with Crippen LogP contribution in [0.3, 0.4) is 0 Å². The zero-order valence-corrected chi connectivity index (χ0v) is 23.5. The first-order valence-electron chi connectivity index (χ1n) is 11.3. The number of amides is 2. The molecule has 3 aromatic rings. The number of rotatable bonds is 11. The average molecular weight is 584 g/mol. The van der Waals surface area contributed by atoms with Gasteiger partial charge in [0, 0.05) is 25.3 Å². The van der Waals surface area contributed by atoms with E-state index < -0.39 is 6.04 Å². The molecule has 3 aromatic carbocycles. The molecule has 1 atom stereocenters. The van der Waals surface area contributed by atoms with Crippen molar-refractivity contribution in [1.29, 1.82) is 0 Å². The van der Waals surface area contributed by atoms with Crippen molar-refractivity contribution in [2.45, 2.75) is 31.7 Å². The van der Waals surface area contributed by atoms with Crippen molar-refractivity contribution in [2.24, 2.45) is 0 Å². The highest BCUT2D eigenvalue weighted by atomic mass is 35.5. The number of hydrogen-bond acceptors (Lipinski definition) is 3. The van der Waals surface area contributed by atoms with Gasteiger partial charge in [0.25, 0.3) is 0 Å². The van der Waals surface area contributed by atoms with Crippen molar-refractivity contribution in [2.75, 3.05) is 12.3 Å². The summed E-state index contributed by atoms with van der Waals surface area (Å²) in [5.74, 6) is 0.405. The normalized spacial score (nSPS) is 11.7. The summed E-state index contributed by atoms with van der Waals surface area (Å²) in [6, 6.07) is 19.6. The second-order valence-electron chi connectivity index (χ2n) is 8.11. The van der Waals surface area contributed by atoms with Crippen LogP contribution in [-0.2, 0) is 28.3 Å². The summed E-state index contributed by atoms with van der Waals surface area (Å²) in [7, 11) is 0. The Hall–Kier alpha value is -1.89. The third-order valence-electron chi connectivity index (χ3n) is 5.44. The highest BCUT2D eigenvalue weighted by molar-refractivity contribution is 7.99. The molecule has 0 aliphatic carbocycles. The van der Waals surface area contributed by atoms with E-state index in [0.717, 1.165) is 16.7 Å². The predicted octanol–water partition coefficient (Wildman–Crippen LogP) is 7.31. The number of benzene rings is 3. The van der Waals surface area contributed by atoms with Gasteiger partial charge in [0.05, 0.1) is 25.8 Å². The Morgan fingerprint density at radius 1 is 0.833 bits per heavy atom. The fourth-order valence-corrected chi connectivity index (χ4v) is 5.15. The summed E-state index contributed by atoms with van der Waals surface area (Å²) >= 11 is 25.9. The first-order chi connectivity index (χ1) is 17.3. The fraction of sp³-hybridized carbons (Fsp3) is 0.259. The first kappa shape index (κ1) is 28.7. The highest BCUT2D eigenvalue weighted by Gasteiger charge is 2.30. The number of thioether (sulfide) groups is 1. The zero-order chi connectivity index (χ0) is 26.1. The minimum Gasteiger partial charge on any atom is -0.355 e. The molecular weight excluding hydrogens is 558 g/mol. The predicted molar refractivity (Wildman–Crippen MR) is 152 cm³/mol. The van der Waals surface area contributed by atoms with Crippen LogP contribution in [-0.4, -0.2) is 35.1 Å². The van der Waals surface area contributed by atoms with Crippen LogP contribution in [0.1, 0.15) is 23.6 Å². The fourth-order valence-electron chi connectivity index (χ4n) is 3.65. The maximum absolute atomic E-state index is 13.6. The van der Waals surface area contributed by atoms with Crippen LogP contribution >= 0.6 is 58.2 Å². The van der Waals surface area contributed by atoms with Crippen molar-refractivity contribution in [3.05, 3.63) is 104 Å². The molecule has 1 unspecified atom stereocenters. The molecule has 0 spiro atoms. The zero-order valence-electron chi connectivity index (χ0n) is 19.6. The highest BCUT2D eigenvalue weighted by Crippen LogP contribution is 2.26. The van der Waals surface area contributed by atoms with Gasteiger partial charge in [0.2, 0.25) is 11.8 Å². The van der Waals surface area contributed by atoms with Gasteiger partial charge >= 0.3 is 0 Å². The SMILES string of the molecule is CCNC(=O)C(Cc1ccccc1)N(Cc1ccc(Cl)c(Cl)c1)C(=O)CSCc1ccc(Cl)c(Cl)c1. The molecule has 1 N–H and O–H groups in total. The van der Waals surface area contributed by atoms with E-state index in [9.17, 15) is 9.59 Å². The van der Waals surface area contributed by atoms with E-state index in [1.807, 2.05) is 49.4 Å². The van der Waals surface area contributed by atoms with E-state index in [1.54, 1.807) is 29.2 Å². The molecule has 9 heteroatoms. The average Bonchev–Trinajstić information content (AvgIpc) is 2.86. The maximum atomic E-state index is 13.6. The lowest BCUT2D eigenvalue weighted by Crippen LogP contribution is -2.51. The molecule has 0 aliphatic heterocycles. The van der Waals surface area contributed by atoms with Crippen LogP contribution in [0.15, 0.2) is 66.7 Å². The smallest absolute Gasteiger partial charge is 0.243 e. The monoisotopic (exact) mass is 582 g/mol. The summed E-state index contributed by atoms with van der Waals surface area (Å²) in [5, 5.41) is 4.67. The minimum absolute atomic E-state index is 0.154. The summed E-state index contributed by atoms with van der Waals surface area (Å²) in [4.78, 5) is 28.4. The van der Waals surface area contributed by atoms with Crippen molar-refractivity contribution < 1.29 is 9.59 Å². The van der Waals surface area contributed by atoms with Crippen LogP contribution in [0.2, 0.25) is 20.1 Å². The molecule has 190 valence electrons. The lowest BCUT2D eigenvalue weighted by atomic mass is 10.0. The quantitative estimate of drug-likeness (QED) is 0.257. The number of nitrogens with zero attached hydrogens (tertiary/aromatic N) is 1. The summed E-state index contributed by atoms with van der Waals surface area (Å²) < 4.78 is 0. The van der Waals surface area contributed by atoms with Crippen molar-refractivity contribution in [3.63, 3.8) is 0 Å². The van der Waals surface area contributed by atoms with Gasteiger partial charge in [-0.2, -0.15) is 0 Å². The molecule has 3 rings (SSSR count). The molecule has 0 aromatic heterocycles. The van der Waals surface area contributed by atoms with Gasteiger partial charge in [-0.15, -0.1) is 11.8 Å². The van der Waals surface area contributed by atoms with Crippen LogP contribution in [0.4, 0.5) is 0 Å². The largest absolute Gasteiger partial charge is 0.355 e. The Labute approximate surface area is 236 Å². The lowest BCUT2D eigenvalue weighted by molar-refractivity contribution is -0.139. The van der Waals surface area contributed by atoms with Crippen LogP contribution in [0.5, 0.6) is 0 Å². The summed E-state index contributed by atoms with van der Waals surface area (Å²) in [6.07, 6.45) is 0.386. The van der Waals surface area contributed by atoms with E-state index in [1.165, 1.54) is 11.8 Å². The third-order valence-corrected chi connectivity index (χ3v) is 7.90. The molecular formula is C27H26Cl4N2O2S. The molecule has 0 saturated carbocycles. The molecule has 4 nitrogen and oxygen atoms in total. The lowest BCUT2D eigenvalue weighted by Gasteiger charge is -2.31. The van der Waals surface area contributed by atoms with Gasteiger partial charge in [0.1, 0.15) is 6.04 Å². The second kappa shape index (κ2) is 14.2. The Morgan fingerprint density at radius 3 is 2.06 bits per heavy atom. The molecule has 0 saturated heterocycles. The van der Waals surface area contributed by atoms with E-state index in [-0.39, 0.29) is 24.1 Å². The standard InChI is InChI=1S/C27H26Cl4N2O2S/c1-2-32-27(35)25(14-18-6-4-3-5-7-18)33(15-19-8-10-21(28)23(30)12-19)26(34)17-36-16-20-9-11-22(29)24(31)13-20/h3-13,25H,2,14-17H2,1H3,(H,32,35).